The maximum absolute atomic E-state index is 15.7. The second kappa shape index (κ2) is 22.3. The monoisotopic (exact) mass is 1100 g/mol. The number of carbonyl (C=O) groups excluding carboxylic acids is 1. The maximum Gasteiger partial charge on any atom is 0.407 e. The Morgan fingerprint density at radius 3 is 2.14 bits per heavy atom. The molecule has 3 aliphatic heterocycles. The number of nitrogens with one attached hydrogen (secondary N) is 3. The average molecular weight is 1100 g/mol. The van der Waals surface area contributed by atoms with Gasteiger partial charge in [0.1, 0.15) is 36.0 Å². The molecule has 2 fully saturated rings. The van der Waals surface area contributed by atoms with Crippen LogP contribution in [0.3, 0.4) is 0 Å². The summed E-state index contributed by atoms with van der Waals surface area (Å²) >= 11 is 0. The Morgan fingerprint density at radius 2 is 1.47 bits per heavy atom. The van der Waals surface area contributed by atoms with Crippen molar-refractivity contribution in [2.45, 2.75) is 102 Å². The summed E-state index contributed by atoms with van der Waals surface area (Å²) in [5.74, 6) is 1.70. The zero-order chi connectivity index (χ0) is 57.0. The molecule has 9 atom stereocenters. The Hall–Kier alpha value is -7.67. The van der Waals surface area contributed by atoms with E-state index in [0.29, 0.717) is 23.1 Å². The van der Waals surface area contributed by atoms with Crippen molar-refractivity contribution in [3.63, 3.8) is 0 Å². The number of hydrogen-bond acceptors (Lipinski definition) is 11. The van der Waals surface area contributed by atoms with E-state index < -0.39 is 61.0 Å². The second-order valence-corrected chi connectivity index (χ2v) is 22.6. The van der Waals surface area contributed by atoms with E-state index in [9.17, 15) is 15.0 Å². The number of imidazole rings is 2. The first kappa shape index (κ1) is 55.2. The van der Waals surface area contributed by atoms with Gasteiger partial charge in [0, 0.05) is 66.9 Å². The molecular weight excluding hydrogens is 1030 g/mol. The molecule has 1 amide bonds. The van der Waals surface area contributed by atoms with Crippen molar-refractivity contribution < 1.29 is 38.0 Å². The fourth-order valence-corrected chi connectivity index (χ4v) is 12.5. The third-order valence-electron chi connectivity index (χ3n) is 16.7. The van der Waals surface area contributed by atoms with E-state index in [2.05, 4.69) is 124 Å². The van der Waals surface area contributed by atoms with E-state index in [0.717, 1.165) is 72.5 Å². The van der Waals surface area contributed by atoms with Crippen LogP contribution in [0.5, 0.6) is 5.75 Å². The van der Waals surface area contributed by atoms with Crippen LogP contribution in [0.25, 0.3) is 66.9 Å². The number of aliphatic hydroxyl groups is 2. The van der Waals surface area contributed by atoms with Crippen LogP contribution in [-0.4, -0.2) is 115 Å². The molecule has 5 aromatic carbocycles. The molecule has 3 aliphatic rings. The van der Waals surface area contributed by atoms with E-state index in [1.54, 1.807) is 11.1 Å². The van der Waals surface area contributed by atoms with Gasteiger partial charge < -0.3 is 48.8 Å². The molecule has 0 saturated carbocycles. The molecule has 11 rings (SSSR count). The molecule has 5 N–H and O–H groups in total. The third-order valence-corrected chi connectivity index (χ3v) is 16.7. The molecule has 0 aliphatic carbocycles. The summed E-state index contributed by atoms with van der Waals surface area (Å²) in [5, 5.41) is 28.8. The molecular formula is C64H71F2N9O6. The van der Waals surface area contributed by atoms with E-state index in [4.69, 9.17) is 24.2 Å². The summed E-state index contributed by atoms with van der Waals surface area (Å²) in [4.78, 5) is 29.1. The van der Waals surface area contributed by atoms with Crippen molar-refractivity contribution in [1.29, 1.82) is 0 Å². The molecule has 0 radical (unpaired) electrons. The quantitative estimate of drug-likeness (QED) is 0.0551. The molecule has 0 bridgehead atoms. The predicted octanol–water partition coefficient (Wildman–Crippen LogP) is 11.5. The minimum Gasteiger partial charge on any atom is -0.465 e. The van der Waals surface area contributed by atoms with Crippen LogP contribution in [-0.2, 0) is 22.1 Å². The number of carbonyl (C=O) groups is 1. The molecule has 8 aromatic rings. The zero-order valence-electron chi connectivity index (χ0n) is 47.0. The number of aromatic nitrogens is 5. The topological polar surface area (TPSA) is 167 Å². The Kier molecular flexibility index (Phi) is 15.2. The van der Waals surface area contributed by atoms with Crippen molar-refractivity contribution >= 4 is 17.0 Å². The molecule has 15 nitrogen and oxygen atoms in total. The Bertz CT molecular complexity index is 3560. The van der Waals surface area contributed by atoms with Crippen LogP contribution in [0, 0.1) is 11.8 Å². The standard InChI is InChI=1S/C64H71F2N9O6/c1-36(2)56(70-62(77)79-8)38(5)74-35-48(66)31-64(74,6)61-68-33-54(72(61)7)45-23-25-49-52-28-46-27-44(50-32-67-58(69-50)53-30-47(65)34-73(53)59(76)57(37(3)4)71-63(78)80-9)24-26-51(46)75(52)60(81-55(49)29-45)43-21-19-42(20-22-43)41-17-15-40(16-18-41)39-13-11-10-12-14-39/h10-29,32-33,36-37,47-48,53,56-57,59-60,62,70,76-77H,5,30-31,34-35H2,1-4,6-9H3,(H,67,69)(H,71,78)/t47-,48-,53+,56+,57+,59?,60+,62?,64?/m1/s1. The Morgan fingerprint density at radius 1 is 0.802 bits per heavy atom. The minimum absolute atomic E-state index is 0.00857. The molecule has 2 saturated heterocycles. The lowest BCUT2D eigenvalue weighted by atomic mass is 9.93. The molecule has 0 spiro atoms. The summed E-state index contributed by atoms with van der Waals surface area (Å²) in [5.41, 5.74) is 11.3. The number of ether oxygens (including phenoxy) is 3. The minimum atomic E-state index is -1.22. The fraction of sp³-hybridized carbons (Fsp3) is 0.359. The highest BCUT2D eigenvalue weighted by Crippen LogP contribution is 2.48. The summed E-state index contributed by atoms with van der Waals surface area (Å²) in [6, 6.07) is 40.4. The van der Waals surface area contributed by atoms with Crippen LogP contribution in [0.2, 0.25) is 0 Å². The maximum atomic E-state index is 15.7. The van der Waals surface area contributed by atoms with Gasteiger partial charge in [0.15, 0.2) is 0 Å². The number of likely N-dealkylation sites (tertiary alicyclic amines) is 2. The average Bonchev–Trinajstić information content (AvgIpc) is 3.60. The van der Waals surface area contributed by atoms with Crippen LogP contribution in [0.15, 0.2) is 146 Å². The first-order chi connectivity index (χ1) is 38.9. The number of alkyl carbamates (subject to hydrolysis) is 1. The molecule has 81 heavy (non-hydrogen) atoms. The van der Waals surface area contributed by atoms with E-state index in [1.165, 1.54) is 14.2 Å². The van der Waals surface area contributed by atoms with Gasteiger partial charge in [-0.1, -0.05) is 125 Å². The molecule has 3 unspecified atom stereocenters. The van der Waals surface area contributed by atoms with Gasteiger partial charge in [-0.25, -0.2) is 23.5 Å². The lowest BCUT2D eigenvalue weighted by molar-refractivity contribution is -0.105. The van der Waals surface area contributed by atoms with Crippen molar-refractivity contribution in [2.75, 3.05) is 27.3 Å². The van der Waals surface area contributed by atoms with Crippen molar-refractivity contribution in [3.05, 3.63) is 163 Å². The highest BCUT2D eigenvalue weighted by Gasteiger charge is 2.49. The number of halogens is 2. The van der Waals surface area contributed by atoms with Crippen molar-refractivity contribution in [1.82, 2.24) is 44.5 Å². The second-order valence-electron chi connectivity index (χ2n) is 22.6. The van der Waals surface area contributed by atoms with E-state index >= 15 is 8.78 Å². The lowest BCUT2D eigenvalue weighted by Crippen LogP contribution is -2.54. The fourth-order valence-electron chi connectivity index (χ4n) is 12.5. The van der Waals surface area contributed by atoms with Crippen molar-refractivity contribution in [2.24, 2.45) is 18.9 Å². The first-order valence-corrected chi connectivity index (χ1v) is 27.7. The largest absolute Gasteiger partial charge is 0.465 e. The third kappa shape index (κ3) is 10.4. The van der Waals surface area contributed by atoms with Gasteiger partial charge in [-0.3, -0.25) is 10.2 Å². The van der Waals surface area contributed by atoms with Crippen LogP contribution >= 0.6 is 0 Å². The number of nitrogens with zero attached hydrogens (tertiary/aromatic N) is 6. The SMILES string of the molecule is C=C([C@@H](NC(O)OC)C(C)C)N1C[C@H](F)CC1(C)c1ncc(-c2ccc3c(c2)O[C@@H](c2ccc(-c4ccc(-c5ccccc5)cc4)cc2)n2c-3cc3cc(-c4cnc([C@@H]5C[C@@H](F)CN5C(O)[C@@H](NC(=O)OC)C(C)C)[nH]4)ccc32)n1C. The van der Waals surface area contributed by atoms with Crippen LogP contribution in [0.4, 0.5) is 13.6 Å². The van der Waals surface area contributed by atoms with Crippen LogP contribution in [0.1, 0.15) is 76.9 Å². The Balaban J connectivity index is 0.941. The van der Waals surface area contributed by atoms with E-state index in [1.807, 2.05) is 81.6 Å². The highest BCUT2D eigenvalue weighted by molar-refractivity contribution is 5.92. The van der Waals surface area contributed by atoms with Gasteiger partial charge in [0.05, 0.1) is 72.3 Å². The highest BCUT2D eigenvalue weighted by atomic mass is 19.1. The summed E-state index contributed by atoms with van der Waals surface area (Å²) < 4.78 is 52.5. The Labute approximate surface area is 471 Å². The molecule has 3 aromatic heterocycles. The number of methoxy groups -OCH3 is 2. The summed E-state index contributed by atoms with van der Waals surface area (Å²) in [6.07, 6.45) is -2.11. The van der Waals surface area contributed by atoms with E-state index in [-0.39, 0.29) is 37.8 Å². The number of alkyl halides is 2. The summed E-state index contributed by atoms with van der Waals surface area (Å²) in [6.45, 7) is 14.3. The number of benzene rings is 5. The molecule has 422 valence electrons. The number of hydrogen-bond donors (Lipinski definition) is 5. The van der Waals surface area contributed by atoms with Gasteiger partial charge in [-0.2, -0.15) is 0 Å². The first-order valence-electron chi connectivity index (χ1n) is 27.7. The summed E-state index contributed by atoms with van der Waals surface area (Å²) in [7, 11) is 4.64. The van der Waals surface area contributed by atoms with Crippen LogP contribution < -0.4 is 15.4 Å². The normalized spacial score (nSPS) is 21.4. The van der Waals surface area contributed by atoms with Crippen molar-refractivity contribution in [3.8, 4) is 61.8 Å². The number of fused-ring (bicyclic) bond motifs is 5. The van der Waals surface area contributed by atoms with Gasteiger partial charge in [0.25, 0.3) is 0 Å². The van der Waals surface area contributed by atoms with Gasteiger partial charge >= 0.3 is 6.09 Å². The predicted molar refractivity (Wildman–Crippen MR) is 310 cm³/mol. The van der Waals surface area contributed by atoms with Gasteiger partial charge in [-0.15, -0.1) is 0 Å². The zero-order valence-corrected chi connectivity index (χ0v) is 47.0. The smallest absolute Gasteiger partial charge is 0.407 e. The number of aromatic amines is 1. The lowest BCUT2D eigenvalue weighted by Gasteiger charge is -2.41. The number of amides is 1. The number of rotatable bonds is 17. The number of H-pyrrole nitrogens is 1. The molecule has 6 heterocycles. The molecule has 17 heteroatoms. The van der Waals surface area contributed by atoms with Gasteiger partial charge in [-0.05, 0) is 71.3 Å². The van der Waals surface area contributed by atoms with Gasteiger partial charge in [0.2, 0.25) is 12.6 Å². The number of aliphatic hydroxyl groups excluding tert-OH is 2.